The van der Waals surface area contributed by atoms with Crippen LogP contribution in [0.5, 0.6) is 0 Å². The van der Waals surface area contributed by atoms with Crippen LogP contribution >= 0.6 is 11.6 Å². The number of rotatable bonds is 5. The molecule has 4 nitrogen and oxygen atoms in total. The fraction of sp³-hybridized carbons (Fsp3) is 0.455. The van der Waals surface area contributed by atoms with E-state index >= 15 is 0 Å². The first-order valence-corrected chi connectivity index (χ1v) is 7.16. The molecule has 0 aromatic carbocycles. The standard InChI is InChI=1S/C11H15ClN2O2S/c1-3-17(16)5-4-13-11(15)9-7-14-8(2)6-10(9)12/h6-7H,3-5H2,1-2H3,(H,13,15). The highest BCUT2D eigenvalue weighted by atomic mass is 35.5. The van der Waals surface area contributed by atoms with Gasteiger partial charge in [0.15, 0.2) is 0 Å². The SMILES string of the molecule is CCS(=O)CCNC(=O)c1cnc(C)cc1Cl. The Morgan fingerprint density at radius 3 is 2.88 bits per heavy atom. The largest absolute Gasteiger partial charge is 0.351 e. The van der Waals surface area contributed by atoms with Gasteiger partial charge in [0, 0.05) is 40.7 Å². The fourth-order valence-electron chi connectivity index (χ4n) is 1.21. The van der Waals surface area contributed by atoms with Crippen molar-refractivity contribution >= 4 is 28.3 Å². The van der Waals surface area contributed by atoms with E-state index in [1.54, 1.807) is 13.0 Å². The van der Waals surface area contributed by atoms with Crippen molar-refractivity contribution in [2.45, 2.75) is 13.8 Å². The number of hydrogen-bond acceptors (Lipinski definition) is 3. The summed E-state index contributed by atoms with van der Waals surface area (Å²) in [5, 5.41) is 3.05. The van der Waals surface area contributed by atoms with Crippen molar-refractivity contribution in [2.24, 2.45) is 0 Å². The minimum Gasteiger partial charge on any atom is -0.351 e. The van der Waals surface area contributed by atoms with Crippen molar-refractivity contribution < 1.29 is 9.00 Å². The summed E-state index contributed by atoms with van der Waals surface area (Å²) in [5.74, 6) is 0.776. The molecule has 1 N–H and O–H groups in total. The van der Waals surface area contributed by atoms with Gasteiger partial charge in [0.1, 0.15) is 0 Å². The average Bonchev–Trinajstić information content (AvgIpc) is 2.28. The molecule has 1 rings (SSSR count). The van der Waals surface area contributed by atoms with Gasteiger partial charge >= 0.3 is 0 Å². The van der Waals surface area contributed by atoms with E-state index in [1.807, 2.05) is 6.92 Å². The number of hydrogen-bond donors (Lipinski definition) is 1. The predicted octanol–water partition coefficient (Wildman–Crippen LogP) is 1.54. The highest BCUT2D eigenvalue weighted by Crippen LogP contribution is 2.15. The summed E-state index contributed by atoms with van der Waals surface area (Å²) in [5.41, 5.74) is 1.11. The minimum atomic E-state index is -0.872. The van der Waals surface area contributed by atoms with E-state index < -0.39 is 10.8 Å². The van der Waals surface area contributed by atoms with E-state index in [9.17, 15) is 9.00 Å². The van der Waals surface area contributed by atoms with Crippen molar-refractivity contribution in [3.8, 4) is 0 Å². The van der Waals surface area contributed by atoms with E-state index in [0.29, 0.717) is 28.6 Å². The van der Waals surface area contributed by atoms with Crippen LogP contribution in [0.1, 0.15) is 23.0 Å². The first-order valence-electron chi connectivity index (χ1n) is 5.30. The second kappa shape index (κ2) is 6.71. The maximum absolute atomic E-state index is 11.7. The van der Waals surface area contributed by atoms with Gasteiger partial charge in [-0.2, -0.15) is 0 Å². The number of nitrogens with one attached hydrogen (secondary N) is 1. The zero-order valence-electron chi connectivity index (χ0n) is 9.83. The maximum Gasteiger partial charge on any atom is 0.254 e. The van der Waals surface area contributed by atoms with Gasteiger partial charge < -0.3 is 5.32 Å². The van der Waals surface area contributed by atoms with E-state index in [0.717, 1.165) is 5.69 Å². The molecule has 0 bridgehead atoms. The Morgan fingerprint density at radius 2 is 2.29 bits per heavy atom. The summed E-state index contributed by atoms with van der Waals surface area (Å²) >= 11 is 5.93. The summed E-state index contributed by atoms with van der Waals surface area (Å²) in [6.45, 7) is 4.03. The van der Waals surface area contributed by atoms with Gasteiger partial charge in [-0.3, -0.25) is 14.0 Å². The molecule has 6 heteroatoms. The number of halogens is 1. The van der Waals surface area contributed by atoms with Crippen LogP contribution in [-0.4, -0.2) is 33.2 Å². The number of carbonyl (C=O) groups is 1. The van der Waals surface area contributed by atoms with Crippen molar-refractivity contribution in [1.29, 1.82) is 0 Å². The van der Waals surface area contributed by atoms with Crippen molar-refractivity contribution in [3.63, 3.8) is 0 Å². The van der Waals surface area contributed by atoms with Crippen LogP contribution in [0, 0.1) is 6.92 Å². The Hall–Kier alpha value is -0.940. The smallest absolute Gasteiger partial charge is 0.254 e. The summed E-state index contributed by atoms with van der Waals surface area (Å²) < 4.78 is 11.2. The summed E-state index contributed by atoms with van der Waals surface area (Å²) in [6.07, 6.45) is 1.45. The lowest BCUT2D eigenvalue weighted by molar-refractivity contribution is 0.0956. The highest BCUT2D eigenvalue weighted by molar-refractivity contribution is 7.84. The molecule has 1 aromatic heterocycles. The zero-order valence-corrected chi connectivity index (χ0v) is 11.4. The van der Waals surface area contributed by atoms with Crippen LogP contribution in [0.3, 0.4) is 0 Å². The highest BCUT2D eigenvalue weighted by Gasteiger charge is 2.10. The molecule has 0 aliphatic carbocycles. The van der Waals surface area contributed by atoms with Crippen LogP contribution in [-0.2, 0) is 10.8 Å². The molecular formula is C11H15ClN2O2S. The number of amides is 1. The first-order chi connectivity index (χ1) is 8.04. The molecule has 0 saturated carbocycles. The Morgan fingerprint density at radius 1 is 1.59 bits per heavy atom. The molecule has 0 saturated heterocycles. The third-order valence-electron chi connectivity index (χ3n) is 2.17. The Bertz CT molecular complexity index is 437. The van der Waals surface area contributed by atoms with Crippen LogP contribution in [0.2, 0.25) is 5.02 Å². The lowest BCUT2D eigenvalue weighted by Gasteiger charge is -2.06. The maximum atomic E-state index is 11.7. The molecule has 17 heavy (non-hydrogen) atoms. The van der Waals surface area contributed by atoms with Gasteiger partial charge in [-0.25, -0.2) is 0 Å². The molecular weight excluding hydrogens is 260 g/mol. The van der Waals surface area contributed by atoms with E-state index in [2.05, 4.69) is 10.3 Å². The molecule has 0 radical (unpaired) electrons. The topological polar surface area (TPSA) is 59.1 Å². The minimum absolute atomic E-state index is 0.282. The average molecular weight is 275 g/mol. The molecule has 0 spiro atoms. The van der Waals surface area contributed by atoms with Gasteiger partial charge in [-0.1, -0.05) is 18.5 Å². The van der Waals surface area contributed by atoms with Crippen molar-refractivity contribution in [2.75, 3.05) is 18.1 Å². The number of aryl methyl sites for hydroxylation is 1. The van der Waals surface area contributed by atoms with Gasteiger partial charge in [0.25, 0.3) is 5.91 Å². The molecule has 1 aromatic rings. The summed E-state index contributed by atoms with van der Waals surface area (Å²) in [7, 11) is -0.872. The normalized spacial score (nSPS) is 12.2. The monoisotopic (exact) mass is 274 g/mol. The van der Waals surface area contributed by atoms with Gasteiger partial charge in [0.2, 0.25) is 0 Å². The van der Waals surface area contributed by atoms with Crippen LogP contribution in [0.25, 0.3) is 0 Å². The molecule has 94 valence electrons. The van der Waals surface area contributed by atoms with Gasteiger partial charge in [-0.05, 0) is 13.0 Å². The number of nitrogens with zero attached hydrogens (tertiary/aromatic N) is 1. The molecule has 0 aliphatic rings. The third kappa shape index (κ3) is 4.44. The van der Waals surface area contributed by atoms with Crippen molar-refractivity contribution in [1.82, 2.24) is 10.3 Å². The van der Waals surface area contributed by atoms with Crippen LogP contribution in [0.15, 0.2) is 12.3 Å². The molecule has 0 aliphatic heterocycles. The van der Waals surface area contributed by atoms with Crippen LogP contribution in [0.4, 0.5) is 0 Å². The lowest BCUT2D eigenvalue weighted by Crippen LogP contribution is -2.28. The number of pyridine rings is 1. The Kier molecular flexibility index (Phi) is 5.58. The van der Waals surface area contributed by atoms with E-state index in [1.165, 1.54) is 6.20 Å². The summed E-state index contributed by atoms with van der Waals surface area (Å²) in [6, 6.07) is 1.64. The second-order valence-electron chi connectivity index (χ2n) is 3.49. The lowest BCUT2D eigenvalue weighted by atomic mass is 10.2. The molecule has 1 amide bonds. The molecule has 1 unspecified atom stereocenters. The molecule has 1 heterocycles. The third-order valence-corrected chi connectivity index (χ3v) is 3.79. The fourth-order valence-corrected chi connectivity index (χ4v) is 2.12. The Balaban J connectivity index is 2.55. The zero-order chi connectivity index (χ0) is 12.8. The van der Waals surface area contributed by atoms with Gasteiger partial charge in [0.05, 0.1) is 10.6 Å². The summed E-state index contributed by atoms with van der Waals surface area (Å²) in [4.78, 5) is 15.7. The van der Waals surface area contributed by atoms with E-state index in [-0.39, 0.29) is 5.91 Å². The first kappa shape index (κ1) is 14.1. The molecule has 0 fully saturated rings. The van der Waals surface area contributed by atoms with E-state index in [4.69, 9.17) is 11.6 Å². The quantitative estimate of drug-likeness (QED) is 0.886. The predicted molar refractivity (Wildman–Crippen MR) is 69.9 cm³/mol. The Labute approximate surface area is 108 Å². The van der Waals surface area contributed by atoms with Gasteiger partial charge in [-0.15, -0.1) is 0 Å². The number of carbonyl (C=O) groups excluding carboxylic acids is 1. The van der Waals surface area contributed by atoms with Crippen molar-refractivity contribution in [3.05, 3.63) is 28.5 Å². The van der Waals surface area contributed by atoms with Crippen LogP contribution < -0.4 is 5.32 Å². The second-order valence-corrected chi connectivity index (χ2v) is 5.77. The number of aromatic nitrogens is 1. The molecule has 1 atom stereocenters.